The molecule has 0 saturated carbocycles. The fourth-order valence-electron chi connectivity index (χ4n) is 3.03. The molecule has 0 aliphatic carbocycles. The molecule has 0 aromatic heterocycles. The Balaban J connectivity index is 1.86. The lowest BCUT2D eigenvalue weighted by atomic mass is 10.1. The van der Waals surface area contributed by atoms with Crippen LogP contribution in [0.25, 0.3) is 10.8 Å². The Morgan fingerprint density at radius 3 is 2.12 bits per heavy atom. The zero-order valence-electron chi connectivity index (χ0n) is 15.6. The summed E-state index contributed by atoms with van der Waals surface area (Å²) in [6.07, 6.45) is 10.1. The molecule has 0 saturated heterocycles. The minimum atomic E-state index is -0.350. The molecule has 136 valence electrons. The van der Waals surface area contributed by atoms with Crippen LogP contribution in [0, 0.1) is 0 Å². The average Bonchev–Trinajstić information content (AvgIpc) is 2.65. The van der Waals surface area contributed by atoms with Crippen LogP contribution in [0.5, 0.6) is 5.75 Å². The summed E-state index contributed by atoms with van der Waals surface area (Å²) in [7, 11) is 1.40. The lowest BCUT2D eigenvalue weighted by Crippen LogP contribution is -2.07. The van der Waals surface area contributed by atoms with Gasteiger partial charge in [-0.2, -0.15) is 0 Å². The van der Waals surface area contributed by atoms with E-state index in [1.165, 1.54) is 52.1 Å². The highest BCUT2D eigenvalue weighted by Crippen LogP contribution is 2.27. The fourth-order valence-corrected chi connectivity index (χ4v) is 3.03. The Labute approximate surface area is 151 Å². The highest BCUT2D eigenvalue weighted by atomic mass is 16.5. The van der Waals surface area contributed by atoms with Crippen molar-refractivity contribution in [2.75, 3.05) is 13.7 Å². The van der Waals surface area contributed by atoms with Crippen LogP contribution in [0.2, 0.25) is 0 Å². The number of esters is 1. The molecule has 3 heteroatoms. The van der Waals surface area contributed by atoms with E-state index >= 15 is 0 Å². The van der Waals surface area contributed by atoms with Crippen LogP contribution in [0.1, 0.15) is 68.6 Å². The van der Waals surface area contributed by atoms with Crippen LogP contribution in [0.4, 0.5) is 0 Å². The van der Waals surface area contributed by atoms with E-state index in [4.69, 9.17) is 9.47 Å². The second-order valence-electron chi connectivity index (χ2n) is 6.51. The van der Waals surface area contributed by atoms with Crippen LogP contribution in [-0.2, 0) is 4.74 Å². The second kappa shape index (κ2) is 10.8. The molecule has 0 heterocycles. The summed E-state index contributed by atoms with van der Waals surface area (Å²) in [6.45, 7) is 2.88. The fraction of sp³-hybridized carbons (Fsp3) is 0.500. The molecule has 0 fully saturated rings. The largest absolute Gasteiger partial charge is 0.493 e. The summed E-state index contributed by atoms with van der Waals surface area (Å²) in [5.74, 6) is 0.269. The Bertz CT molecular complexity index is 663. The van der Waals surface area contributed by atoms with Gasteiger partial charge in [-0.15, -0.1) is 0 Å². The number of hydrogen-bond acceptors (Lipinski definition) is 3. The van der Waals surface area contributed by atoms with Gasteiger partial charge in [0.2, 0.25) is 0 Å². The van der Waals surface area contributed by atoms with Crippen molar-refractivity contribution in [1.29, 1.82) is 0 Å². The van der Waals surface area contributed by atoms with Gasteiger partial charge in [-0.25, -0.2) is 4.79 Å². The van der Waals surface area contributed by atoms with E-state index in [0.29, 0.717) is 17.9 Å². The zero-order chi connectivity index (χ0) is 17.9. The van der Waals surface area contributed by atoms with Gasteiger partial charge in [0.1, 0.15) is 11.3 Å². The van der Waals surface area contributed by atoms with Gasteiger partial charge in [0, 0.05) is 0 Å². The summed E-state index contributed by atoms with van der Waals surface area (Å²) in [4.78, 5) is 12.0. The van der Waals surface area contributed by atoms with Gasteiger partial charge in [-0.05, 0) is 29.3 Å². The van der Waals surface area contributed by atoms with Gasteiger partial charge in [0.25, 0.3) is 0 Å². The van der Waals surface area contributed by atoms with Crippen LogP contribution in [-0.4, -0.2) is 19.7 Å². The number of hydrogen-bond donors (Lipinski definition) is 0. The molecule has 0 N–H and O–H groups in total. The molecule has 2 rings (SSSR count). The van der Waals surface area contributed by atoms with Crippen LogP contribution < -0.4 is 4.74 Å². The predicted octanol–water partition coefficient (Wildman–Crippen LogP) is 6.15. The topological polar surface area (TPSA) is 35.5 Å². The first kappa shape index (κ1) is 19.3. The van der Waals surface area contributed by atoms with Crippen molar-refractivity contribution in [3.63, 3.8) is 0 Å². The quantitative estimate of drug-likeness (QED) is 0.363. The molecule has 2 aromatic rings. The van der Waals surface area contributed by atoms with E-state index in [-0.39, 0.29) is 5.97 Å². The number of benzene rings is 2. The minimum Gasteiger partial charge on any atom is -0.493 e. The zero-order valence-corrected chi connectivity index (χ0v) is 15.6. The van der Waals surface area contributed by atoms with E-state index in [1.54, 1.807) is 0 Å². The van der Waals surface area contributed by atoms with Gasteiger partial charge in [0.15, 0.2) is 0 Å². The maximum absolute atomic E-state index is 12.0. The normalized spacial score (nSPS) is 10.8. The molecule has 25 heavy (non-hydrogen) atoms. The van der Waals surface area contributed by atoms with Crippen molar-refractivity contribution in [1.82, 2.24) is 0 Å². The van der Waals surface area contributed by atoms with E-state index < -0.39 is 0 Å². The highest BCUT2D eigenvalue weighted by molar-refractivity contribution is 5.98. The maximum Gasteiger partial charge on any atom is 0.341 e. The monoisotopic (exact) mass is 342 g/mol. The molecule has 0 radical (unpaired) electrons. The lowest BCUT2D eigenvalue weighted by molar-refractivity contribution is 0.0596. The number of methoxy groups -OCH3 is 1. The summed E-state index contributed by atoms with van der Waals surface area (Å²) in [6, 6.07) is 11.8. The summed E-state index contributed by atoms with van der Waals surface area (Å²) in [5, 5.41) is 2.09. The van der Waals surface area contributed by atoms with E-state index in [2.05, 4.69) is 6.92 Å². The predicted molar refractivity (Wildman–Crippen MR) is 103 cm³/mol. The molecule has 2 aromatic carbocycles. The first-order chi connectivity index (χ1) is 12.3. The SMILES string of the molecule is CCCCCCCCCCOc1cc2ccccc2cc1C(=O)OC. The molecule has 0 aliphatic rings. The molecule has 0 atom stereocenters. The Hall–Kier alpha value is -2.03. The van der Waals surface area contributed by atoms with Gasteiger partial charge in [0.05, 0.1) is 13.7 Å². The molecule has 0 aliphatic heterocycles. The maximum atomic E-state index is 12.0. The summed E-state index contributed by atoms with van der Waals surface area (Å²) >= 11 is 0. The number of rotatable bonds is 11. The smallest absolute Gasteiger partial charge is 0.341 e. The van der Waals surface area contributed by atoms with Crippen LogP contribution in [0.3, 0.4) is 0 Å². The molecular weight excluding hydrogens is 312 g/mol. The third kappa shape index (κ3) is 6.08. The minimum absolute atomic E-state index is 0.350. The van der Waals surface area contributed by atoms with Crippen molar-refractivity contribution in [3.05, 3.63) is 42.0 Å². The molecule has 0 spiro atoms. The van der Waals surface area contributed by atoms with Gasteiger partial charge < -0.3 is 9.47 Å². The third-order valence-corrected chi connectivity index (χ3v) is 4.51. The lowest BCUT2D eigenvalue weighted by Gasteiger charge is -2.12. The Kier molecular flexibility index (Phi) is 8.30. The summed E-state index contributed by atoms with van der Waals surface area (Å²) in [5.41, 5.74) is 0.501. The first-order valence-electron chi connectivity index (χ1n) is 9.50. The van der Waals surface area contributed by atoms with Gasteiger partial charge >= 0.3 is 5.97 Å². The molecule has 0 amide bonds. The number of carbonyl (C=O) groups excluding carboxylic acids is 1. The van der Waals surface area contributed by atoms with Crippen molar-refractivity contribution >= 4 is 16.7 Å². The Morgan fingerprint density at radius 2 is 1.48 bits per heavy atom. The van der Waals surface area contributed by atoms with E-state index in [9.17, 15) is 4.79 Å². The second-order valence-corrected chi connectivity index (χ2v) is 6.51. The van der Waals surface area contributed by atoms with Crippen molar-refractivity contribution in [3.8, 4) is 5.75 Å². The average molecular weight is 342 g/mol. The van der Waals surface area contributed by atoms with Gasteiger partial charge in [-0.1, -0.05) is 76.1 Å². The van der Waals surface area contributed by atoms with Crippen molar-refractivity contribution in [2.24, 2.45) is 0 Å². The molecule has 3 nitrogen and oxygen atoms in total. The number of carbonyl (C=O) groups is 1. The summed E-state index contributed by atoms with van der Waals surface area (Å²) < 4.78 is 10.8. The number of unbranched alkanes of at least 4 members (excludes halogenated alkanes) is 7. The van der Waals surface area contributed by atoms with Gasteiger partial charge in [-0.3, -0.25) is 0 Å². The number of ether oxygens (including phenoxy) is 2. The molecule has 0 bridgehead atoms. The first-order valence-corrected chi connectivity index (χ1v) is 9.50. The molecule has 0 unspecified atom stereocenters. The Morgan fingerprint density at radius 1 is 0.880 bits per heavy atom. The van der Waals surface area contributed by atoms with E-state index in [0.717, 1.165) is 17.2 Å². The third-order valence-electron chi connectivity index (χ3n) is 4.51. The van der Waals surface area contributed by atoms with Crippen molar-refractivity contribution in [2.45, 2.75) is 58.3 Å². The van der Waals surface area contributed by atoms with Crippen LogP contribution >= 0.6 is 0 Å². The number of fused-ring (bicyclic) bond motifs is 1. The standard InChI is InChI=1S/C22H30O3/c1-3-4-5-6-7-8-9-12-15-25-21-17-19-14-11-10-13-18(19)16-20(21)22(23)24-2/h10-11,13-14,16-17H,3-9,12,15H2,1-2H3. The van der Waals surface area contributed by atoms with Crippen molar-refractivity contribution < 1.29 is 14.3 Å². The highest BCUT2D eigenvalue weighted by Gasteiger charge is 2.14. The van der Waals surface area contributed by atoms with Crippen LogP contribution in [0.15, 0.2) is 36.4 Å². The molecular formula is C22H30O3. The van der Waals surface area contributed by atoms with E-state index in [1.807, 2.05) is 36.4 Å².